The largest absolute Gasteiger partial charge is 0.308 e. The van der Waals surface area contributed by atoms with Crippen LogP contribution in [0.4, 0.5) is 5.13 Å². The molecule has 0 aliphatic carbocycles. The topological polar surface area (TPSA) is 54.0 Å². The molecule has 1 aromatic carbocycles. The summed E-state index contributed by atoms with van der Waals surface area (Å²) in [5, 5.41) is 8.14. The van der Waals surface area contributed by atoms with Gasteiger partial charge < -0.3 is 5.32 Å². The number of thiocarbonyl (C=S) groups is 1. The molecule has 1 amide bonds. The number of hydrogen-bond donors (Lipinski definition) is 2. The smallest absolute Gasteiger partial charge is 0.257 e. The molecule has 1 aromatic heterocycles. The number of nitrogens with zero attached hydrogens (tertiary/aromatic N) is 1. The minimum absolute atomic E-state index is 0.236. The molecule has 0 unspecified atom stereocenters. The lowest BCUT2D eigenvalue weighted by Gasteiger charge is -2.06. The number of amides is 1. The molecule has 6 heteroatoms. The second-order valence-electron chi connectivity index (χ2n) is 3.11. The van der Waals surface area contributed by atoms with Crippen LogP contribution in [-0.4, -0.2) is 16.0 Å². The van der Waals surface area contributed by atoms with Crippen LogP contribution in [0.3, 0.4) is 0 Å². The molecule has 2 N–H and O–H groups in total. The molecule has 0 saturated heterocycles. The molecule has 0 radical (unpaired) electrons. The zero-order valence-electron chi connectivity index (χ0n) is 8.71. The molecule has 4 nitrogen and oxygen atoms in total. The minimum Gasteiger partial charge on any atom is -0.308 e. The van der Waals surface area contributed by atoms with E-state index >= 15 is 0 Å². The summed E-state index contributed by atoms with van der Waals surface area (Å²) >= 11 is 6.41. The first kappa shape index (κ1) is 11.7. The molecule has 0 atom stereocenters. The molecule has 0 aliphatic rings. The van der Waals surface area contributed by atoms with Gasteiger partial charge >= 0.3 is 0 Å². The van der Waals surface area contributed by atoms with Crippen molar-refractivity contribution in [3.63, 3.8) is 0 Å². The number of benzene rings is 1. The van der Waals surface area contributed by atoms with Gasteiger partial charge in [-0.2, -0.15) is 0 Å². The van der Waals surface area contributed by atoms with Gasteiger partial charge in [0.25, 0.3) is 5.91 Å². The normalized spacial score (nSPS) is 9.65. The summed E-state index contributed by atoms with van der Waals surface area (Å²) < 4.78 is 0. The highest BCUT2D eigenvalue weighted by atomic mass is 32.1. The zero-order valence-corrected chi connectivity index (χ0v) is 10.3. The van der Waals surface area contributed by atoms with Gasteiger partial charge in [0.1, 0.15) is 0 Å². The summed E-state index contributed by atoms with van der Waals surface area (Å²) in [6.45, 7) is 0. The van der Waals surface area contributed by atoms with Crippen LogP contribution in [0, 0.1) is 0 Å². The van der Waals surface area contributed by atoms with Crippen LogP contribution in [0.25, 0.3) is 0 Å². The first-order valence-electron chi connectivity index (χ1n) is 4.82. The fraction of sp³-hybridized carbons (Fsp3) is 0. The Morgan fingerprint density at radius 3 is 2.71 bits per heavy atom. The van der Waals surface area contributed by atoms with E-state index in [0.29, 0.717) is 10.7 Å². The molecule has 0 aliphatic heterocycles. The molecule has 0 spiro atoms. The number of carbonyl (C=O) groups excluding carboxylic acids is 1. The Kier molecular flexibility index (Phi) is 3.79. The summed E-state index contributed by atoms with van der Waals surface area (Å²) in [7, 11) is 0. The van der Waals surface area contributed by atoms with Crippen molar-refractivity contribution in [1.29, 1.82) is 0 Å². The van der Waals surface area contributed by atoms with Crippen molar-refractivity contribution >= 4 is 39.7 Å². The van der Waals surface area contributed by atoms with Crippen molar-refractivity contribution in [2.75, 3.05) is 5.32 Å². The van der Waals surface area contributed by atoms with Crippen LogP contribution >= 0.6 is 23.6 Å². The highest BCUT2D eigenvalue weighted by Crippen LogP contribution is 2.09. The van der Waals surface area contributed by atoms with Gasteiger partial charge in [-0.25, -0.2) is 4.98 Å². The second kappa shape index (κ2) is 5.51. The maximum atomic E-state index is 11.7. The van der Waals surface area contributed by atoms with E-state index in [2.05, 4.69) is 15.6 Å². The Hall–Kier alpha value is -1.79. The van der Waals surface area contributed by atoms with E-state index in [-0.39, 0.29) is 11.0 Å². The molecule has 2 rings (SSSR count). The summed E-state index contributed by atoms with van der Waals surface area (Å²) in [5.74, 6) is -0.236. The quantitative estimate of drug-likeness (QED) is 0.816. The molecule has 17 heavy (non-hydrogen) atoms. The highest BCUT2D eigenvalue weighted by Gasteiger charge is 2.07. The van der Waals surface area contributed by atoms with Crippen molar-refractivity contribution in [2.24, 2.45) is 0 Å². The molecular formula is C11H9N3OS2. The van der Waals surface area contributed by atoms with Crippen LogP contribution in [-0.2, 0) is 0 Å². The Morgan fingerprint density at radius 1 is 1.29 bits per heavy atom. The van der Waals surface area contributed by atoms with Gasteiger partial charge in [-0.15, -0.1) is 11.3 Å². The summed E-state index contributed by atoms with van der Waals surface area (Å²) in [5.41, 5.74) is 0.566. The lowest BCUT2D eigenvalue weighted by molar-refractivity contribution is 0.0978. The standard InChI is InChI=1S/C11H9N3OS2/c15-9(8-4-2-1-3-5-8)13-10(16)14-11-12-6-7-17-11/h1-7H,(H2,12,13,14,15,16). The van der Waals surface area contributed by atoms with Gasteiger partial charge in [-0.3, -0.25) is 10.1 Å². The van der Waals surface area contributed by atoms with Gasteiger partial charge in [0, 0.05) is 17.1 Å². The van der Waals surface area contributed by atoms with Crippen LogP contribution in [0.15, 0.2) is 41.9 Å². The summed E-state index contributed by atoms with van der Waals surface area (Å²) in [6, 6.07) is 8.89. The van der Waals surface area contributed by atoms with Crippen molar-refractivity contribution in [3.05, 3.63) is 47.5 Å². The van der Waals surface area contributed by atoms with E-state index < -0.39 is 0 Å². The molecule has 86 valence electrons. The third-order valence-electron chi connectivity index (χ3n) is 1.92. The summed E-state index contributed by atoms with van der Waals surface area (Å²) in [4.78, 5) is 15.7. The highest BCUT2D eigenvalue weighted by molar-refractivity contribution is 7.80. The lowest BCUT2D eigenvalue weighted by atomic mass is 10.2. The van der Waals surface area contributed by atoms with Gasteiger partial charge in [0.2, 0.25) is 0 Å². The van der Waals surface area contributed by atoms with Crippen molar-refractivity contribution < 1.29 is 4.79 Å². The lowest BCUT2D eigenvalue weighted by Crippen LogP contribution is -2.34. The molecule has 2 aromatic rings. The maximum Gasteiger partial charge on any atom is 0.257 e. The maximum absolute atomic E-state index is 11.7. The molecule has 0 saturated carbocycles. The van der Waals surface area contributed by atoms with Crippen molar-refractivity contribution in [3.8, 4) is 0 Å². The van der Waals surface area contributed by atoms with Gasteiger partial charge in [-0.1, -0.05) is 18.2 Å². The van der Waals surface area contributed by atoms with Gasteiger partial charge in [0.15, 0.2) is 10.2 Å². The SMILES string of the molecule is O=C(NC(=S)Nc1nccs1)c1ccccc1. The third kappa shape index (κ3) is 3.33. The van der Waals surface area contributed by atoms with Crippen molar-refractivity contribution in [1.82, 2.24) is 10.3 Å². The fourth-order valence-electron chi connectivity index (χ4n) is 1.18. The van der Waals surface area contributed by atoms with Gasteiger partial charge in [0.05, 0.1) is 0 Å². The first-order chi connectivity index (χ1) is 8.25. The second-order valence-corrected chi connectivity index (χ2v) is 4.41. The average Bonchev–Trinajstić information content (AvgIpc) is 2.82. The molecular weight excluding hydrogens is 254 g/mol. The van der Waals surface area contributed by atoms with E-state index in [0.717, 1.165) is 0 Å². The van der Waals surface area contributed by atoms with E-state index in [1.807, 2.05) is 11.4 Å². The van der Waals surface area contributed by atoms with Crippen LogP contribution in [0.2, 0.25) is 0 Å². The zero-order chi connectivity index (χ0) is 12.1. The van der Waals surface area contributed by atoms with E-state index in [9.17, 15) is 4.79 Å². The number of rotatable bonds is 2. The number of aromatic nitrogens is 1. The Bertz CT molecular complexity index is 511. The fourth-order valence-corrected chi connectivity index (χ4v) is 1.97. The minimum atomic E-state index is -0.236. The number of thiazole rings is 1. The number of hydrogen-bond acceptors (Lipinski definition) is 4. The van der Waals surface area contributed by atoms with Crippen molar-refractivity contribution in [2.45, 2.75) is 0 Å². The predicted molar refractivity (Wildman–Crippen MR) is 72.2 cm³/mol. The van der Waals surface area contributed by atoms with Gasteiger partial charge in [-0.05, 0) is 24.4 Å². The monoisotopic (exact) mass is 263 g/mol. The first-order valence-corrected chi connectivity index (χ1v) is 6.11. The number of nitrogens with one attached hydrogen (secondary N) is 2. The van der Waals surface area contributed by atoms with E-state index in [1.54, 1.807) is 30.5 Å². The van der Waals surface area contributed by atoms with E-state index in [4.69, 9.17) is 12.2 Å². The third-order valence-corrected chi connectivity index (χ3v) is 2.81. The molecule has 1 heterocycles. The average molecular weight is 263 g/mol. The van der Waals surface area contributed by atoms with E-state index in [1.165, 1.54) is 11.3 Å². The predicted octanol–water partition coefficient (Wildman–Crippen LogP) is 2.27. The number of anilines is 1. The molecule has 0 bridgehead atoms. The van der Waals surface area contributed by atoms with Crippen LogP contribution < -0.4 is 10.6 Å². The van der Waals surface area contributed by atoms with Crippen LogP contribution in [0.5, 0.6) is 0 Å². The Labute approximate surface area is 108 Å². The molecule has 0 fully saturated rings. The Balaban J connectivity index is 1.93. The summed E-state index contributed by atoms with van der Waals surface area (Å²) in [6.07, 6.45) is 1.66. The number of carbonyl (C=O) groups is 1. The Morgan fingerprint density at radius 2 is 2.06 bits per heavy atom. The van der Waals surface area contributed by atoms with Crippen LogP contribution in [0.1, 0.15) is 10.4 Å².